The number of fused-ring (bicyclic) bond motifs is 3. The molecule has 0 N–H and O–H groups in total. The van der Waals surface area contributed by atoms with Gasteiger partial charge in [-0.25, -0.2) is 0 Å². The highest BCUT2D eigenvalue weighted by Crippen LogP contribution is 2.42. The first-order chi connectivity index (χ1) is 13.3. The lowest BCUT2D eigenvalue weighted by molar-refractivity contribution is 0.483. The SMILES string of the molecule is Cc1nc2ccc(Oc3ccccc3)cc2c2c1CCN2c1ccccc1. The van der Waals surface area contributed by atoms with E-state index in [1.54, 1.807) is 0 Å². The van der Waals surface area contributed by atoms with Crippen LogP contribution >= 0.6 is 0 Å². The summed E-state index contributed by atoms with van der Waals surface area (Å²) in [7, 11) is 0. The molecule has 0 bridgehead atoms. The number of aryl methyl sites for hydroxylation is 1. The van der Waals surface area contributed by atoms with E-state index in [0.29, 0.717) is 0 Å². The Hall–Kier alpha value is -3.33. The molecule has 0 spiro atoms. The molecule has 0 saturated carbocycles. The van der Waals surface area contributed by atoms with E-state index in [0.717, 1.165) is 41.1 Å². The molecule has 3 heteroatoms. The van der Waals surface area contributed by atoms with Gasteiger partial charge in [0.15, 0.2) is 0 Å². The van der Waals surface area contributed by atoms with E-state index in [-0.39, 0.29) is 0 Å². The molecule has 0 radical (unpaired) electrons. The van der Waals surface area contributed by atoms with Crippen molar-refractivity contribution >= 4 is 22.3 Å². The van der Waals surface area contributed by atoms with Crippen LogP contribution in [0.1, 0.15) is 11.3 Å². The lowest BCUT2D eigenvalue weighted by Gasteiger charge is -2.22. The number of rotatable bonds is 3. The van der Waals surface area contributed by atoms with Gasteiger partial charge < -0.3 is 9.64 Å². The molecule has 0 unspecified atom stereocenters. The maximum atomic E-state index is 6.07. The van der Waals surface area contributed by atoms with Crippen LogP contribution in [0.15, 0.2) is 78.9 Å². The first-order valence-electron chi connectivity index (χ1n) is 9.28. The van der Waals surface area contributed by atoms with E-state index in [1.807, 2.05) is 36.4 Å². The Labute approximate surface area is 158 Å². The van der Waals surface area contributed by atoms with E-state index in [2.05, 4.69) is 54.3 Å². The van der Waals surface area contributed by atoms with Gasteiger partial charge in [0.05, 0.1) is 11.2 Å². The largest absolute Gasteiger partial charge is 0.457 e. The average molecular weight is 352 g/mol. The Kier molecular flexibility index (Phi) is 3.79. The monoisotopic (exact) mass is 352 g/mol. The third-order valence-electron chi connectivity index (χ3n) is 5.14. The number of benzene rings is 3. The van der Waals surface area contributed by atoms with Crippen LogP contribution in [0.5, 0.6) is 11.5 Å². The first-order valence-corrected chi connectivity index (χ1v) is 9.28. The fourth-order valence-corrected chi connectivity index (χ4v) is 3.88. The summed E-state index contributed by atoms with van der Waals surface area (Å²) in [4.78, 5) is 7.24. The van der Waals surface area contributed by atoms with Crippen molar-refractivity contribution in [3.63, 3.8) is 0 Å². The van der Waals surface area contributed by atoms with Crippen molar-refractivity contribution in [2.45, 2.75) is 13.3 Å². The number of nitrogens with zero attached hydrogens (tertiary/aromatic N) is 2. The summed E-state index contributed by atoms with van der Waals surface area (Å²) in [6.45, 7) is 3.09. The summed E-state index contributed by atoms with van der Waals surface area (Å²) in [5.74, 6) is 1.68. The van der Waals surface area contributed by atoms with E-state index in [4.69, 9.17) is 9.72 Å². The molecule has 1 aliphatic rings. The van der Waals surface area contributed by atoms with Crippen LogP contribution in [0.4, 0.5) is 11.4 Å². The standard InChI is InChI=1S/C24H20N2O/c1-17-21-14-15-26(18-8-4-2-5-9-18)24(21)22-16-20(12-13-23(22)25-17)27-19-10-6-3-7-11-19/h2-13,16H,14-15H2,1H3. The molecule has 0 amide bonds. The van der Waals surface area contributed by atoms with Crippen molar-refractivity contribution in [1.82, 2.24) is 4.98 Å². The second-order valence-electron chi connectivity index (χ2n) is 6.86. The molecular weight excluding hydrogens is 332 g/mol. The third-order valence-corrected chi connectivity index (χ3v) is 5.14. The predicted octanol–water partition coefficient (Wildman–Crippen LogP) is 6.03. The molecule has 4 aromatic rings. The molecule has 27 heavy (non-hydrogen) atoms. The molecule has 3 nitrogen and oxygen atoms in total. The minimum Gasteiger partial charge on any atom is -0.457 e. The smallest absolute Gasteiger partial charge is 0.128 e. The number of para-hydroxylation sites is 2. The third kappa shape index (κ3) is 2.81. The Morgan fingerprint density at radius 3 is 2.37 bits per heavy atom. The van der Waals surface area contributed by atoms with Crippen LogP contribution in [-0.2, 0) is 6.42 Å². The Morgan fingerprint density at radius 1 is 0.852 bits per heavy atom. The topological polar surface area (TPSA) is 25.4 Å². The average Bonchev–Trinajstić information content (AvgIpc) is 3.16. The Morgan fingerprint density at radius 2 is 1.59 bits per heavy atom. The van der Waals surface area contributed by atoms with Crippen molar-refractivity contribution in [3.05, 3.63) is 90.1 Å². The minimum atomic E-state index is 0.835. The van der Waals surface area contributed by atoms with Crippen molar-refractivity contribution in [2.75, 3.05) is 11.4 Å². The van der Waals surface area contributed by atoms with Crippen LogP contribution in [0.25, 0.3) is 10.9 Å². The zero-order valence-electron chi connectivity index (χ0n) is 15.2. The highest BCUT2D eigenvalue weighted by atomic mass is 16.5. The van der Waals surface area contributed by atoms with Gasteiger partial charge in [-0.1, -0.05) is 36.4 Å². The van der Waals surface area contributed by atoms with Gasteiger partial charge in [-0.3, -0.25) is 4.98 Å². The maximum Gasteiger partial charge on any atom is 0.128 e. The summed E-state index contributed by atoms with van der Waals surface area (Å²) in [6, 6.07) is 26.6. The highest BCUT2D eigenvalue weighted by Gasteiger charge is 2.25. The van der Waals surface area contributed by atoms with Gasteiger partial charge in [-0.15, -0.1) is 0 Å². The molecule has 0 saturated heterocycles. The Balaban J connectivity index is 1.65. The molecule has 2 heterocycles. The van der Waals surface area contributed by atoms with Gasteiger partial charge in [0, 0.05) is 23.3 Å². The number of ether oxygens (including phenoxy) is 1. The summed E-state index contributed by atoms with van der Waals surface area (Å²) in [6.07, 6.45) is 1.02. The lowest BCUT2D eigenvalue weighted by atomic mass is 10.1. The van der Waals surface area contributed by atoms with Gasteiger partial charge in [0.1, 0.15) is 11.5 Å². The van der Waals surface area contributed by atoms with Gasteiger partial charge in [0.2, 0.25) is 0 Å². The maximum absolute atomic E-state index is 6.07. The molecule has 0 atom stereocenters. The zero-order valence-corrected chi connectivity index (χ0v) is 15.2. The van der Waals surface area contributed by atoms with Gasteiger partial charge in [0.25, 0.3) is 0 Å². The quantitative estimate of drug-likeness (QED) is 0.450. The first kappa shape index (κ1) is 15.9. The molecule has 132 valence electrons. The zero-order chi connectivity index (χ0) is 18.2. The predicted molar refractivity (Wildman–Crippen MR) is 110 cm³/mol. The minimum absolute atomic E-state index is 0.835. The molecule has 3 aromatic carbocycles. The summed E-state index contributed by atoms with van der Waals surface area (Å²) >= 11 is 0. The van der Waals surface area contributed by atoms with Gasteiger partial charge >= 0.3 is 0 Å². The van der Waals surface area contributed by atoms with E-state index < -0.39 is 0 Å². The van der Waals surface area contributed by atoms with E-state index in [9.17, 15) is 0 Å². The van der Waals surface area contributed by atoms with Gasteiger partial charge in [-0.05, 0) is 61.4 Å². The van der Waals surface area contributed by atoms with E-state index >= 15 is 0 Å². The molecular formula is C24H20N2O. The Bertz CT molecular complexity index is 1110. The van der Waals surface area contributed by atoms with Gasteiger partial charge in [-0.2, -0.15) is 0 Å². The van der Waals surface area contributed by atoms with Crippen LogP contribution < -0.4 is 9.64 Å². The molecule has 1 aromatic heterocycles. The molecule has 1 aliphatic heterocycles. The van der Waals surface area contributed by atoms with Crippen LogP contribution in [-0.4, -0.2) is 11.5 Å². The number of hydrogen-bond acceptors (Lipinski definition) is 3. The number of aromatic nitrogens is 1. The lowest BCUT2D eigenvalue weighted by Crippen LogP contribution is -2.13. The summed E-state index contributed by atoms with van der Waals surface area (Å²) in [5.41, 5.74) is 5.95. The van der Waals surface area contributed by atoms with E-state index in [1.165, 1.54) is 16.9 Å². The fourth-order valence-electron chi connectivity index (χ4n) is 3.88. The fraction of sp³-hybridized carbons (Fsp3) is 0.125. The molecule has 0 fully saturated rings. The number of anilines is 2. The van der Waals surface area contributed by atoms with Crippen molar-refractivity contribution < 1.29 is 4.74 Å². The van der Waals surface area contributed by atoms with Crippen molar-refractivity contribution in [2.24, 2.45) is 0 Å². The summed E-state index contributed by atoms with van der Waals surface area (Å²) in [5, 5.41) is 1.14. The normalized spacial score (nSPS) is 13.0. The van der Waals surface area contributed by atoms with Crippen molar-refractivity contribution in [1.29, 1.82) is 0 Å². The van der Waals surface area contributed by atoms with Crippen LogP contribution in [0.3, 0.4) is 0 Å². The van der Waals surface area contributed by atoms with Crippen LogP contribution in [0, 0.1) is 6.92 Å². The summed E-state index contributed by atoms with van der Waals surface area (Å²) < 4.78 is 6.07. The van der Waals surface area contributed by atoms with Crippen molar-refractivity contribution in [3.8, 4) is 11.5 Å². The second kappa shape index (κ2) is 6.44. The number of pyridine rings is 1. The number of hydrogen-bond donors (Lipinski definition) is 0. The highest BCUT2D eigenvalue weighted by molar-refractivity contribution is 5.98. The molecule has 5 rings (SSSR count). The second-order valence-corrected chi connectivity index (χ2v) is 6.86. The molecule has 0 aliphatic carbocycles. The van der Waals surface area contributed by atoms with Crippen LogP contribution in [0.2, 0.25) is 0 Å².